The largest absolute Gasteiger partial charge is 0.466 e. The molecule has 7 nitrogen and oxygen atoms in total. The van der Waals surface area contributed by atoms with Crippen molar-refractivity contribution in [2.24, 2.45) is 0 Å². The van der Waals surface area contributed by atoms with Gasteiger partial charge in [-0.25, -0.2) is 4.79 Å². The summed E-state index contributed by atoms with van der Waals surface area (Å²) in [5.41, 5.74) is 3.61. The lowest BCUT2D eigenvalue weighted by molar-refractivity contribution is -0.945. The molecule has 1 N–H and O–H groups in total. The van der Waals surface area contributed by atoms with E-state index < -0.39 is 5.63 Å². The summed E-state index contributed by atoms with van der Waals surface area (Å²) in [5, 5.41) is 0.876. The highest BCUT2D eigenvalue weighted by Crippen LogP contribution is 2.31. The minimum absolute atomic E-state index is 0.156. The van der Waals surface area contributed by atoms with Crippen LogP contribution in [-0.4, -0.2) is 24.3 Å². The molecule has 0 radical (unpaired) electrons. The van der Waals surface area contributed by atoms with Crippen molar-refractivity contribution in [3.05, 3.63) is 69.3 Å². The molecular formula is C23H25N2O5+. The third-order valence-corrected chi connectivity index (χ3v) is 5.46. The Hall–Kier alpha value is -3.19. The molecule has 30 heavy (non-hydrogen) atoms. The third-order valence-electron chi connectivity index (χ3n) is 5.46. The summed E-state index contributed by atoms with van der Waals surface area (Å²) < 4.78 is 16.7. The van der Waals surface area contributed by atoms with Crippen molar-refractivity contribution >= 4 is 16.9 Å². The molecule has 1 aliphatic rings. The smallest absolute Gasteiger partial charge is 0.339 e. The number of rotatable bonds is 6. The molecule has 1 atom stereocenters. The van der Waals surface area contributed by atoms with E-state index in [-0.39, 0.29) is 12.4 Å². The second-order valence-corrected chi connectivity index (χ2v) is 7.46. The molecule has 1 aliphatic heterocycles. The number of hydrogen-bond acceptors (Lipinski definition) is 6. The van der Waals surface area contributed by atoms with E-state index >= 15 is 0 Å². The number of esters is 1. The van der Waals surface area contributed by atoms with Gasteiger partial charge in [0.05, 0.1) is 12.2 Å². The fourth-order valence-corrected chi connectivity index (χ4v) is 3.93. The molecule has 1 aromatic carbocycles. The summed E-state index contributed by atoms with van der Waals surface area (Å²) in [6.45, 7) is 6.02. The molecular weight excluding hydrogens is 384 g/mol. The maximum atomic E-state index is 12.7. The topological polar surface area (TPSA) is 83.1 Å². The summed E-state index contributed by atoms with van der Waals surface area (Å²) in [4.78, 5) is 29.7. The van der Waals surface area contributed by atoms with Gasteiger partial charge >= 0.3 is 11.6 Å². The van der Waals surface area contributed by atoms with Crippen molar-refractivity contribution in [2.45, 2.75) is 39.8 Å². The van der Waals surface area contributed by atoms with Crippen LogP contribution in [-0.2, 0) is 29.0 Å². The normalized spacial score (nSPS) is 15.5. The number of benzene rings is 1. The van der Waals surface area contributed by atoms with Gasteiger partial charge in [-0.3, -0.25) is 14.7 Å². The number of aromatic nitrogens is 1. The molecule has 156 valence electrons. The predicted molar refractivity (Wildman–Crippen MR) is 110 cm³/mol. The Labute approximate surface area is 174 Å². The molecule has 4 rings (SSSR count). The van der Waals surface area contributed by atoms with Gasteiger partial charge in [-0.2, -0.15) is 0 Å². The molecule has 2 aromatic heterocycles. The van der Waals surface area contributed by atoms with Crippen LogP contribution in [0.4, 0.5) is 0 Å². The summed E-state index contributed by atoms with van der Waals surface area (Å²) >= 11 is 0. The Bertz CT molecular complexity index is 1120. The quantitative estimate of drug-likeness (QED) is 0.495. The van der Waals surface area contributed by atoms with Crippen molar-refractivity contribution in [1.29, 1.82) is 0 Å². The molecule has 0 saturated heterocycles. The maximum Gasteiger partial charge on any atom is 0.339 e. The highest BCUT2D eigenvalue weighted by Gasteiger charge is 2.26. The SMILES string of the molecule is CCOC(=O)CCc1c(C)c2ccc3c(c2oc1=O)C[NH+](Cc1ccncc1)CO3. The minimum atomic E-state index is -0.404. The number of pyridine rings is 1. The van der Waals surface area contributed by atoms with Crippen LogP contribution in [0.15, 0.2) is 45.9 Å². The molecule has 0 fully saturated rings. The highest BCUT2D eigenvalue weighted by molar-refractivity contribution is 5.86. The van der Waals surface area contributed by atoms with Gasteiger partial charge in [0.1, 0.15) is 18.8 Å². The standard InChI is InChI=1S/C23H24N2O5/c1-3-28-21(26)7-5-18-15(2)17-4-6-20-19(22(17)30-23(18)27)13-25(14-29-20)12-16-8-10-24-11-9-16/h4,6,8-11H,3,5,7,12-14H2,1-2H3/p+1. The summed E-state index contributed by atoms with van der Waals surface area (Å²) in [6, 6.07) is 7.84. The number of nitrogens with zero attached hydrogens (tertiary/aromatic N) is 1. The van der Waals surface area contributed by atoms with Crippen LogP contribution in [0.1, 0.15) is 35.6 Å². The van der Waals surface area contributed by atoms with E-state index in [1.54, 1.807) is 19.3 Å². The number of quaternary nitrogens is 1. The Morgan fingerprint density at radius 2 is 2.03 bits per heavy atom. The van der Waals surface area contributed by atoms with E-state index in [4.69, 9.17) is 13.9 Å². The van der Waals surface area contributed by atoms with Gasteiger partial charge in [-0.1, -0.05) is 0 Å². The number of aryl methyl sites for hydroxylation is 1. The monoisotopic (exact) mass is 409 g/mol. The Morgan fingerprint density at radius 3 is 2.80 bits per heavy atom. The Balaban J connectivity index is 1.64. The fraction of sp³-hybridized carbons (Fsp3) is 0.348. The van der Waals surface area contributed by atoms with E-state index in [9.17, 15) is 9.59 Å². The lowest BCUT2D eigenvalue weighted by Gasteiger charge is -2.26. The molecule has 0 spiro atoms. The number of hydrogen-bond donors (Lipinski definition) is 1. The van der Waals surface area contributed by atoms with Crippen LogP contribution in [0.25, 0.3) is 11.0 Å². The molecule has 7 heteroatoms. The van der Waals surface area contributed by atoms with Crippen molar-refractivity contribution in [3.63, 3.8) is 0 Å². The lowest BCUT2D eigenvalue weighted by atomic mass is 9.99. The highest BCUT2D eigenvalue weighted by atomic mass is 16.5. The number of nitrogens with one attached hydrogen (secondary N) is 1. The zero-order valence-corrected chi connectivity index (χ0v) is 17.2. The van der Waals surface area contributed by atoms with Crippen LogP contribution in [0, 0.1) is 6.92 Å². The number of ether oxygens (including phenoxy) is 2. The van der Waals surface area contributed by atoms with Crippen LogP contribution in [0.2, 0.25) is 0 Å². The summed E-state index contributed by atoms with van der Waals surface area (Å²) in [5.74, 6) is 0.438. The van der Waals surface area contributed by atoms with Crippen LogP contribution in [0.3, 0.4) is 0 Å². The first-order valence-electron chi connectivity index (χ1n) is 10.2. The van der Waals surface area contributed by atoms with E-state index in [2.05, 4.69) is 4.98 Å². The van der Waals surface area contributed by atoms with E-state index in [1.165, 1.54) is 10.5 Å². The van der Waals surface area contributed by atoms with Crippen molar-refractivity contribution in [1.82, 2.24) is 4.98 Å². The Kier molecular flexibility index (Phi) is 5.81. The van der Waals surface area contributed by atoms with Crippen LogP contribution >= 0.6 is 0 Å². The first-order valence-corrected chi connectivity index (χ1v) is 10.2. The molecule has 3 heterocycles. The van der Waals surface area contributed by atoms with Gasteiger partial charge in [0.15, 0.2) is 5.58 Å². The van der Waals surface area contributed by atoms with Gasteiger partial charge in [0, 0.05) is 35.3 Å². The van der Waals surface area contributed by atoms with Gasteiger partial charge in [0.2, 0.25) is 6.73 Å². The second-order valence-electron chi connectivity index (χ2n) is 7.46. The van der Waals surface area contributed by atoms with Gasteiger partial charge < -0.3 is 13.9 Å². The molecule has 3 aromatic rings. The maximum absolute atomic E-state index is 12.7. The van der Waals surface area contributed by atoms with Crippen LogP contribution in [0.5, 0.6) is 5.75 Å². The van der Waals surface area contributed by atoms with Crippen LogP contribution < -0.4 is 15.3 Å². The van der Waals surface area contributed by atoms with E-state index in [1.807, 2.05) is 31.2 Å². The molecule has 0 amide bonds. The van der Waals surface area contributed by atoms with Crippen molar-refractivity contribution in [3.8, 4) is 5.75 Å². The lowest BCUT2D eigenvalue weighted by Crippen LogP contribution is -3.10. The zero-order chi connectivity index (χ0) is 21.1. The van der Waals surface area contributed by atoms with Gasteiger partial charge in [0.25, 0.3) is 0 Å². The first-order chi connectivity index (χ1) is 14.6. The average Bonchev–Trinajstić information content (AvgIpc) is 2.74. The first kappa shape index (κ1) is 20.1. The van der Waals surface area contributed by atoms with Gasteiger partial charge in [-0.15, -0.1) is 0 Å². The molecule has 0 bridgehead atoms. The predicted octanol–water partition coefficient (Wildman–Crippen LogP) is 1.93. The second kappa shape index (κ2) is 8.67. The Morgan fingerprint density at radius 1 is 1.23 bits per heavy atom. The summed E-state index contributed by atoms with van der Waals surface area (Å²) in [7, 11) is 0. The van der Waals surface area contributed by atoms with Crippen molar-refractivity contribution in [2.75, 3.05) is 13.3 Å². The van der Waals surface area contributed by atoms with E-state index in [0.29, 0.717) is 37.4 Å². The van der Waals surface area contributed by atoms with E-state index in [0.717, 1.165) is 28.8 Å². The number of fused-ring (bicyclic) bond motifs is 3. The third kappa shape index (κ3) is 4.07. The number of carbonyl (C=O) groups is 1. The molecule has 0 saturated carbocycles. The van der Waals surface area contributed by atoms with Crippen molar-refractivity contribution < 1.29 is 23.6 Å². The number of carbonyl (C=O) groups excluding carboxylic acids is 1. The molecule has 1 unspecified atom stereocenters. The molecule has 0 aliphatic carbocycles. The fourth-order valence-electron chi connectivity index (χ4n) is 3.93. The van der Waals surface area contributed by atoms with Gasteiger partial charge in [-0.05, 0) is 50.1 Å². The summed E-state index contributed by atoms with van der Waals surface area (Å²) in [6.07, 6.45) is 4.02. The average molecular weight is 409 g/mol. The zero-order valence-electron chi connectivity index (χ0n) is 17.2. The minimum Gasteiger partial charge on any atom is -0.466 e.